The summed E-state index contributed by atoms with van der Waals surface area (Å²) >= 11 is 0. The highest BCUT2D eigenvalue weighted by molar-refractivity contribution is 5.96. The molecule has 6 heteroatoms. The lowest BCUT2D eigenvalue weighted by Crippen LogP contribution is -2.47. The molecule has 0 aliphatic heterocycles. The molecule has 1 fully saturated rings. The first-order valence-electron chi connectivity index (χ1n) is 12.4. The molecular weight excluding hydrogens is 440 g/mol. The van der Waals surface area contributed by atoms with Gasteiger partial charge in [0.25, 0.3) is 5.91 Å². The molecule has 0 bridgehead atoms. The molecule has 1 heterocycles. The number of benzene rings is 2. The molecule has 1 aliphatic carbocycles. The topological polar surface area (TPSA) is 71.8 Å². The number of ether oxygens (including phenoxy) is 1. The predicted molar refractivity (Wildman–Crippen MR) is 135 cm³/mol. The summed E-state index contributed by atoms with van der Waals surface area (Å²) in [6.07, 6.45) is 7.44. The van der Waals surface area contributed by atoms with Crippen LogP contribution < -0.4 is 10.1 Å². The highest BCUT2D eigenvalue weighted by Crippen LogP contribution is 2.28. The Hall–Kier alpha value is -3.54. The molecule has 1 atom stereocenters. The van der Waals surface area contributed by atoms with E-state index in [2.05, 4.69) is 11.4 Å². The molecule has 0 unspecified atom stereocenters. The van der Waals surface area contributed by atoms with E-state index >= 15 is 0 Å². The zero-order valence-electron chi connectivity index (χ0n) is 20.5. The summed E-state index contributed by atoms with van der Waals surface area (Å²) in [5.41, 5.74) is 2.98. The van der Waals surface area contributed by atoms with Crippen molar-refractivity contribution in [2.24, 2.45) is 0 Å². The molecule has 35 heavy (non-hydrogen) atoms. The maximum Gasteiger partial charge on any atom is 0.290 e. The fraction of sp³-hybridized carbons (Fsp3) is 0.379. The van der Waals surface area contributed by atoms with Crippen molar-refractivity contribution >= 4 is 11.8 Å². The average Bonchev–Trinajstić information content (AvgIpc) is 3.42. The van der Waals surface area contributed by atoms with Gasteiger partial charge in [0, 0.05) is 12.6 Å². The zero-order valence-corrected chi connectivity index (χ0v) is 20.5. The standard InChI is InChI=1S/C29H34N2O4/c1-21-9-6-10-22(19-21)16-17-31(29(33)26-15-8-18-35-26)27(23-11-7-14-25(20-23)34-2)28(32)30-24-12-4-3-5-13-24/h6-11,14-15,18-20,24,27H,3-5,12-13,16-17H2,1-2H3,(H,30,32)/t27-/m1/s1. The number of hydrogen-bond acceptors (Lipinski definition) is 4. The SMILES string of the molecule is COc1cccc([C@H](C(=O)NC2CCCCC2)N(CCc2cccc(C)c2)C(=O)c2ccco2)c1. The van der Waals surface area contributed by atoms with Gasteiger partial charge < -0.3 is 19.4 Å². The van der Waals surface area contributed by atoms with Crippen LogP contribution in [0.5, 0.6) is 5.75 Å². The normalized spacial score (nSPS) is 14.8. The maximum atomic E-state index is 13.8. The van der Waals surface area contributed by atoms with Crippen LogP contribution in [0.15, 0.2) is 71.3 Å². The summed E-state index contributed by atoms with van der Waals surface area (Å²) < 4.78 is 10.9. The Balaban J connectivity index is 1.69. The number of amides is 2. The Labute approximate surface area is 207 Å². The van der Waals surface area contributed by atoms with Gasteiger partial charge in [0.05, 0.1) is 13.4 Å². The smallest absolute Gasteiger partial charge is 0.290 e. The average molecular weight is 475 g/mol. The number of rotatable bonds is 9. The van der Waals surface area contributed by atoms with Gasteiger partial charge in [-0.25, -0.2) is 0 Å². The summed E-state index contributed by atoms with van der Waals surface area (Å²) in [5, 5.41) is 3.24. The van der Waals surface area contributed by atoms with Gasteiger partial charge in [0.15, 0.2) is 5.76 Å². The van der Waals surface area contributed by atoms with Crippen molar-refractivity contribution in [2.75, 3.05) is 13.7 Å². The first-order chi connectivity index (χ1) is 17.0. The number of nitrogens with one attached hydrogen (secondary N) is 1. The number of aryl methyl sites for hydroxylation is 1. The van der Waals surface area contributed by atoms with E-state index in [0.717, 1.165) is 36.8 Å². The van der Waals surface area contributed by atoms with Gasteiger partial charge >= 0.3 is 0 Å². The number of nitrogens with zero attached hydrogens (tertiary/aromatic N) is 1. The van der Waals surface area contributed by atoms with E-state index in [1.165, 1.54) is 12.7 Å². The van der Waals surface area contributed by atoms with E-state index in [4.69, 9.17) is 9.15 Å². The molecule has 184 valence electrons. The third-order valence-corrected chi connectivity index (χ3v) is 6.64. The van der Waals surface area contributed by atoms with Crippen LogP contribution in [0.1, 0.15) is 65.4 Å². The van der Waals surface area contributed by atoms with Crippen LogP contribution in [0.4, 0.5) is 0 Å². The molecule has 2 amide bonds. The van der Waals surface area contributed by atoms with Gasteiger partial charge in [-0.15, -0.1) is 0 Å². The Bertz CT molecular complexity index is 1120. The first kappa shape index (κ1) is 24.6. The third-order valence-electron chi connectivity index (χ3n) is 6.64. The summed E-state index contributed by atoms with van der Waals surface area (Å²) in [6.45, 7) is 2.41. The Kier molecular flexibility index (Phi) is 8.24. The van der Waals surface area contributed by atoms with Crippen molar-refractivity contribution in [3.8, 4) is 5.75 Å². The highest BCUT2D eigenvalue weighted by atomic mass is 16.5. The zero-order chi connectivity index (χ0) is 24.6. The third kappa shape index (κ3) is 6.32. The van der Waals surface area contributed by atoms with Gasteiger partial charge in [0.1, 0.15) is 11.8 Å². The molecule has 1 aromatic heterocycles. The van der Waals surface area contributed by atoms with Gasteiger partial charge in [0.2, 0.25) is 5.91 Å². The second kappa shape index (κ2) is 11.7. The predicted octanol–water partition coefficient (Wildman–Crippen LogP) is 5.47. The van der Waals surface area contributed by atoms with E-state index in [-0.39, 0.29) is 23.6 Å². The first-order valence-corrected chi connectivity index (χ1v) is 12.4. The molecule has 2 aromatic carbocycles. The Morgan fingerprint density at radius 1 is 1.06 bits per heavy atom. The van der Waals surface area contributed by atoms with Crippen molar-refractivity contribution in [1.82, 2.24) is 10.2 Å². The van der Waals surface area contributed by atoms with Crippen LogP contribution in [-0.2, 0) is 11.2 Å². The molecule has 4 rings (SSSR count). The van der Waals surface area contributed by atoms with Crippen LogP contribution in [0, 0.1) is 6.92 Å². The molecule has 1 N–H and O–H groups in total. The van der Waals surface area contributed by atoms with Gasteiger partial charge in [-0.3, -0.25) is 9.59 Å². The van der Waals surface area contributed by atoms with Crippen molar-refractivity contribution in [3.05, 3.63) is 89.4 Å². The summed E-state index contributed by atoms with van der Waals surface area (Å²) in [7, 11) is 1.60. The van der Waals surface area contributed by atoms with Gasteiger partial charge in [-0.2, -0.15) is 0 Å². The highest BCUT2D eigenvalue weighted by Gasteiger charge is 2.34. The summed E-state index contributed by atoms with van der Waals surface area (Å²) in [5.74, 6) is 0.373. The van der Waals surface area contributed by atoms with Gasteiger partial charge in [-0.1, -0.05) is 61.2 Å². The van der Waals surface area contributed by atoms with E-state index in [9.17, 15) is 9.59 Å². The molecule has 0 radical (unpaired) electrons. The quantitative estimate of drug-likeness (QED) is 0.446. The Morgan fingerprint density at radius 2 is 1.86 bits per heavy atom. The molecule has 0 saturated heterocycles. The van der Waals surface area contributed by atoms with Crippen molar-refractivity contribution in [3.63, 3.8) is 0 Å². The van der Waals surface area contributed by atoms with E-state index in [1.54, 1.807) is 24.1 Å². The molecule has 3 aromatic rings. The minimum atomic E-state index is -0.811. The lowest BCUT2D eigenvalue weighted by atomic mass is 9.94. The monoisotopic (exact) mass is 474 g/mol. The number of carbonyl (C=O) groups excluding carboxylic acids is 2. The fourth-order valence-corrected chi connectivity index (χ4v) is 4.82. The van der Waals surface area contributed by atoms with Crippen molar-refractivity contribution in [2.45, 2.75) is 57.5 Å². The fourth-order valence-electron chi connectivity index (χ4n) is 4.82. The maximum absolute atomic E-state index is 13.8. The van der Waals surface area contributed by atoms with E-state index < -0.39 is 6.04 Å². The number of carbonyl (C=O) groups is 2. The van der Waals surface area contributed by atoms with Crippen LogP contribution in [0.3, 0.4) is 0 Å². The number of hydrogen-bond donors (Lipinski definition) is 1. The van der Waals surface area contributed by atoms with Crippen molar-refractivity contribution in [1.29, 1.82) is 0 Å². The minimum absolute atomic E-state index is 0.127. The van der Waals surface area contributed by atoms with Crippen LogP contribution in [-0.4, -0.2) is 36.4 Å². The summed E-state index contributed by atoms with van der Waals surface area (Å²) in [6, 6.07) is 18.3. The Morgan fingerprint density at radius 3 is 2.57 bits per heavy atom. The van der Waals surface area contributed by atoms with Crippen molar-refractivity contribution < 1.29 is 18.7 Å². The minimum Gasteiger partial charge on any atom is -0.497 e. The van der Waals surface area contributed by atoms with Crippen LogP contribution >= 0.6 is 0 Å². The largest absolute Gasteiger partial charge is 0.497 e. The van der Waals surface area contributed by atoms with Gasteiger partial charge in [-0.05, 0) is 61.6 Å². The van der Waals surface area contributed by atoms with E-state index in [0.29, 0.717) is 24.3 Å². The summed E-state index contributed by atoms with van der Waals surface area (Å²) in [4.78, 5) is 29.1. The molecule has 6 nitrogen and oxygen atoms in total. The van der Waals surface area contributed by atoms with E-state index in [1.807, 2.05) is 49.4 Å². The lowest BCUT2D eigenvalue weighted by molar-refractivity contribution is -0.126. The lowest BCUT2D eigenvalue weighted by Gasteiger charge is -2.33. The second-order valence-corrected chi connectivity index (χ2v) is 9.24. The van der Waals surface area contributed by atoms with Crippen LogP contribution in [0.25, 0.3) is 0 Å². The molecule has 1 saturated carbocycles. The number of methoxy groups -OCH3 is 1. The molecule has 0 spiro atoms. The second-order valence-electron chi connectivity index (χ2n) is 9.24. The number of furan rings is 1. The van der Waals surface area contributed by atoms with Crippen LogP contribution in [0.2, 0.25) is 0 Å². The molecule has 1 aliphatic rings. The molecular formula is C29H34N2O4.